The second-order valence-corrected chi connectivity index (χ2v) is 4.80. The van der Waals surface area contributed by atoms with Crippen molar-refractivity contribution in [1.82, 2.24) is 9.38 Å². The van der Waals surface area contributed by atoms with Crippen molar-refractivity contribution in [2.45, 2.75) is 0 Å². The largest absolute Gasteiger partial charge is 0.475 e. The highest BCUT2D eigenvalue weighted by atomic mass is 32.1. The Kier molecular flexibility index (Phi) is 2.64. The number of hydrogen-bond acceptors (Lipinski definition) is 4. The van der Waals surface area contributed by atoms with E-state index in [1.54, 1.807) is 28.8 Å². The Labute approximate surface area is 111 Å². The number of carboxylic acids is 1. The van der Waals surface area contributed by atoms with Crippen LogP contribution in [-0.4, -0.2) is 26.2 Å². The Hall–Kier alpha value is -2.47. The van der Waals surface area contributed by atoms with Crippen LogP contribution in [-0.2, 0) is 4.79 Å². The van der Waals surface area contributed by atoms with Crippen molar-refractivity contribution in [3.63, 3.8) is 0 Å². The van der Waals surface area contributed by atoms with Gasteiger partial charge in [-0.3, -0.25) is 9.20 Å². The van der Waals surface area contributed by atoms with E-state index in [9.17, 15) is 9.59 Å². The van der Waals surface area contributed by atoms with Gasteiger partial charge in [0.1, 0.15) is 5.69 Å². The van der Waals surface area contributed by atoms with Crippen molar-refractivity contribution in [3.05, 3.63) is 47.6 Å². The van der Waals surface area contributed by atoms with Crippen molar-refractivity contribution in [2.24, 2.45) is 0 Å². The molecule has 0 fully saturated rings. The van der Waals surface area contributed by atoms with E-state index in [2.05, 4.69) is 4.98 Å². The van der Waals surface area contributed by atoms with Gasteiger partial charge in [-0.25, -0.2) is 9.78 Å². The lowest BCUT2D eigenvalue weighted by atomic mass is 10.2. The van der Waals surface area contributed by atoms with Gasteiger partial charge in [-0.2, -0.15) is 0 Å². The summed E-state index contributed by atoms with van der Waals surface area (Å²) in [5, 5.41) is 10.7. The van der Waals surface area contributed by atoms with Crippen molar-refractivity contribution < 1.29 is 14.7 Å². The number of ketones is 1. The number of aromatic nitrogens is 2. The van der Waals surface area contributed by atoms with Gasteiger partial charge in [-0.05, 0) is 23.6 Å². The first kappa shape index (κ1) is 11.6. The lowest BCUT2D eigenvalue weighted by Crippen LogP contribution is -2.13. The summed E-state index contributed by atoms with van der Waals surface area (Å²) < 4.78 is 1.72. The maximum absolute atomic E-state index is 11.7. The van der Waals surface area contributed by atoms with E-state index in [1.807, 2.05) is 17.5 Å². The second kappa shape index (κ2) is 4.33. The van der Waals surface area contributed by atoms with E-state index in [0.29, 0.717) is 11.3 Å². The molecular formula is C13H8N2O3S. The average Bonchev–Trinajstić information content (AvgIpc) is 3.04. The Morgan fingerprint density at radius 1 is 1.21 bits per heavy atom. The molecule has 0 aliphatic rings. The number of fused-ring (bicyclic) bond motifs is 1. The van der Waals surface area contributed by atoms with Gasteiger partial charge >= 0.3 is 5.97 Å². The molecule has 1 N–H and O–H groups in total. The molecule has 0 atom stereocenters. The third kappa shape index (κ3) is 1.82. The minimum atomic E-state index is -1.50. The molecule has 0 radical (unpaired) electrons. The Morgan fingerprint density at radius 2 is 2.05 bits per heavy atom. The third-order valence-corrected chi connectivity index (χ3v) is 3.57. The van der Waals surface area contributed by atoms with Crippen molar-refractivity contribution in [3.8, 4) is 10.7 Å². The fourth-order valence-corrected chi connectivity index (χ4v) is 2.60. The number of pyridine rings is 1. The molecule has 6 heteroatoms. The number of Topliss-reactive ketones (excluding diaryl/α,β-unsaturated/α-hetero) is 1. The molecule has 0 bridgehead atoms. The summed E-state index contributed by atoms with van der Waals surface area (Å²) in [5.74, 6) is -1.91. The number of nitrogens with zero attached hydrogens (tertiary/aromatic N) is 2. The first-order chi connectivity index (χ1) is 9.18. The summed E-state index contributed by atoms with van der Waals surface area (Å²) in [6.45, 7) is 0. The molecule has 3 aromatic heterocycles. The first-order valence-corrected chi connectivity index (χ1v) is 6.35. The summed E-state index contributed by atoms with van der Waals surface area (Å²) in [6, 6.07) is 8.99. The molecule has 0 unspecified atom stereocenters. The van der Waals surface area contributed by atoms with E-state index >= 15 is 0 Å². The maximum atomic E-state index is 11.7. The number of thiophene rings is 1. The monoisotopic (exact) mass is 272 g/mol. The lowest BCUT2D eigenvalue weighted by Gasteiger charge is -1.96. The number of aliphatic carboxylic acids is 1. The highest BCUT2D eigenvalue weighted by Crippen LogP contribution is 2.26. The van der Waals surface area contributed by atoms with Crippen LogP contribution in [0.15, 0.2) is 41.9 Å². The van der Waals surface area contributed by atoms with Crippen LogP contribution in [0.4, 0.5) is 0 Å². The summed E-state index contributed by atoms with van der Waals surface area (Å²) in [5.41, 5.74) is 0.467. The van der Waals surface area contributed by atoms with Crippen molar-refractivity contribution in [2.75, 3.05) is 0 Å². The Morgan fingerprint density at radius 3 is 2.74 bits per heavy atom. The molecule has 3 heterocycles. The van der Waals surface area contributed by atoms with Crippen molar-refractivity contribution in [1.29, 1.82) is 0 Å². The topological polar surface area (TPSA) is 71.7 Å². The van der Waals surface area contributed by atoms with Crippen LogP contribution in [0.3, 0.4) is 0 Å². The molecule has 3 rings (SSSR count). The summed E-state index contributed by atoms with van der Waals surface area (Å²) in [4.78, 5) is 27.6. The minimum Gasteiger partial charge on any atom is -0.475 e. The highest BCUT2D eigenvalue weighted by Gasteiger charge is 2.23. The molecule has 0 aliphatic heterocycles. The van der Waals surface area contributed by atoms with E-state index < -0.39 is 11.8 Å². The fraction of sp³-hybridized carbons (Fsp3) is 0. The molecule has 0 saturated carbocycles. The van der Waals surface area contributed by atoms with Crippen LogP contribution in [0.25, 0.3) is 16.2 Å². The SMILES string of the molecule is O=C(O)C(=O)c1nc(-c2cccs2)n2ccccc12. The van der Waals surface area contributed by atoms with Gasteiger partial charge in [0.15, 0.2) is 5.82 Å². The molecule has 0 aromatic carbocycles. The smallest absolute Gasteiger partial charge is 0.379 e. The number of carboxylic acid groups (broad SMARTS) is 1. The van der Waals surface area contributed by atoms with E-state index in [4.69, 9.17) is 5.11 Å². The molecule has 0 spiro atoms. The van der Waals surface area contributed by atoms with Crippen LogP contribution < -0.4 is 0 Å². The average molecular weight is 272 g/mol. The van der Waals surface area contributed by atoms with Crippen LogP contribution >= 0.6 is 11.3 Å². The zero-order valence-electron chi connectivity index (χ0n) is 9.61. The lowest BCUT2D eigenvalue weighted by molar-refractivity contribution is -0.131. The zero-order valence-corrected chi connectivity index (χ0v) is 10.4. The Balaban J connectivity index is 2.31. The van der Waals surface area contributed by atoms with Gasteiger partial charge in [0.25, 0.3) is 5.78 Å². The summed E-state index contributed by atoms with van der Waals surface area (Å²) in [7, 11) is 0. The predicted molar refractivity (Wildman–Crippen MR) is 70.5 cm³/mol. The number of imidazole rings is 1. The summed E-state index contributed by atoms with van der Waals surface area (Å²) >= 11 is 1.48. The number of rotatable bonds is 3. The number of carbonyl (C=O) groups excluding carboxylic acids is 1. The van der Waals surface area contributed by atoms with Crippen LogP contribution in [0.5, 0.6) is 0 Å². The first-order valence-electron chi connectivity index (χ1n) is 5.47. The molecule has 0 aliphatic carbocycles. The van der Waals surface area contributed by atoms with Crippen molar-refractivity contribution >= 4 is 28.6 Å². The molecular weight excluding hydrogens is 264 g/mol. The Bertz CT molecular complexity index is 774. The predicted octanol–water partition coefficient (Wildman–Crippen LogP) is 2.33. The van der Waals surface area contributed by atoms with Gasteiger partial charge in [-0.1, -0.05) is 12.1 Å². The summed E-state index contributed by atoms with van der Waals surface area (Å²) in [6.07, 6.45) is 1.76. The molecule has 94 valence electrons. The molecule has 5 nitrogen and oxygen atoms in total. The second-order valence-electron chi connectivity index (χ2n) is 3.85. The standard InChI is InChI=1S/C13H8N2O3S/c16-11(13(17)18)10-8-4-1-2-6-15(8)12(14-10)9-5-3-7-19-9/h1-7H,(H,17,18). The molecule has 0 saturated heterocycles. The fourth-order valence-electron chi connectivity index (χ4n) is 1.89. The number of carbonyl (C=O) groups is 2. The van der Waals surface area contributed by atoms with Gasteiger partial charge < -0.3 is 5.11 Å². The molecule has 3 aromatic rings. The number of hydrogen-bond donors (Lipinski definition) is 1. The van der Waals surface area contributed by atoms with Crippen LogP contribution in [0.2, 0.25) is 0 Å². The van der Waals surface area contributed by atoms with E-state index in [1.165, 1.54) is 11.3 Å². The van der Waals surface area contributed by atoms with Gasteiger partial charge in [0.05, 0.1) is 10.4 Å². The maximum Gasteiger partial charge on any atom is 0.379 e. The molecule has 0 amide bonds. The van der Waals surface area contributed by atoms with E-state index in [-0.39, 0.29) is 5.69 Å². The quantitative estimate of drug-likeness (QED) is 0.586. The highest BCUT2D eigenvalue weighted by molar-refractivity contribution is 7.13. The normalized spacial score (nSPS) is 10.7. The van der Waals surface area contributed by atoms with Gasteiger partial charge in [0, 0.05) is 6.20 Å². The van der Waals surface area contributed by atoms with Crippen LogP contribution in [0.1, 0.15) is 10.5 Å². The molecule has 19 heavy (non-hydrogen) atoms. The van der Waals surface area contributed by atoms with Gasteiger partial charge in [-0.15, -0.1) is 11.3 Å². The van der Waals surface area contributed by atoms with E-state index in [0.717, 1.165) is 4.88 Å². The van der Waals surface area contributed by atoms with Crippen LogP contribution in [0, 0.1) is 0 Å². The van der Waals surface area contributed by atoms with Gasteiger partial charge in [0.2, 0.25) is 0 Å². The third-order valence-electron chi connectivity index (χ3n) is 2.70. The minimum absolute atomic E-state index is 0.0310. The zero-order chi connectivity index (χ0) is 13.4.